The van der Waals surface area contributed by atoms with Crippen LogP contribution in [0.1, 0.15) is 5.76 Å². The van der Waals surface area contributed by atoms with Gasteiger partial charge in [-0.2, -0.15) is 4.98 Å². The van der Waals surface area contributed by atoms with Crippen LogP contribution >= 0.6 is 11.8 Å². The maximum Gasteiger partial charge on any atom is 0.296 e. The predicted octanol–water partition coefficient (Wildman–Crippen LogP) is 3.57. The molecule has 4 aromatic rings. The molecule has 3 aromatic heterocycles. The third-order valence-corrected chi connectivity index (χ3v) is 4.92. The quantitative estimate of drug-likeness (QED) is 0.477. The van der Waals surface area contributed by atoms with Gasteiger partial charge in [0, 0.05) is 17.3 Å². The maximum absolute atomic E-state index is 6.27. The van der Waals surface area contributed by atoms with Gasteiger partial charge in [-0.1, -0.05) is 17.3 Å². The highest BCUT2D eigenvalue weighted by Crippen LogP contribution is 2.43. The Hall–Kier alpha value is -3.59. The van der Waals surface area contributed by atoms with E-state index < -0.39 is 0 Å². The zero-order valence-electron chi connectivity index (χ0n) is 14.6. The second kappa shape index (κ2) is 5.46. The summed E-state index contributed by atoms with van der Waals surface area (Å²) < 4.78 is 14.5. The highest BCUT2D eigenvalue weighted by molar-refractivity contribution is 6.15. The maximum atomic E-state index is 6.27. The first-order valence-corrected chi connectivity index (χ1v) is 8.91. The SMILES string of the molecule is Cc1ccc(-c2noc(-c3nnc4n3C3=CN(Cl)CN3c3ccccc3-4)n2)o1. The molecule has 28 heavy (non-hydrogen) atoms. The Morgan fingerprint density at radius 1 is 1.07 bits per heavy atom. The van der Waals surface area contributed by atoms with Gasteiger partial charge < -0.3 is 13.8 Å². The van der Waals surface area contributed by atoms with Gasteiger partial charge in [-0.15, -0.1) is 10.2 Å². The minimum Gasteiger partial charge on any atom is -0.458 e. The van der Waals surface area contributed by atoms with Crippen molar-refractivity contribution in [2.45, 2.75) is 6.92 Å². The van der Waals surface area contributed by atoms with Gasteiger partial charge in [0.15, 0.2) is 11.6 Å². The molecule has 0 radical (unpaired) electrons. The first-order valence-electron chi connectivity index (χ1n) is 8.57. The Morgan fingerprint density at radius 3 is 2.79 bits per heavy atom. The fraction of sp³-hybridized carbons (Fsp3) is 0.111. The molecule has 0 amide bonds. The smallest absolute Gasteiger partial charge is 0.296 e. The van der Waals surface area contributed by atoms with Crippen molar-refractivity contribution < 1.29 is 8.94 Å². The molecule has 5 heterocycles. The lowest BCUT2D eigenvalue weighted by atomic mass is 10.1. The number of anilines is 1. The molecule has 2 aliphatic rings. The van der Waals surface area contributed by atoms with Crippen molar-refractivity contribution in [3.05, 3.63) is 48.4 Å². The van der Waals surface area contributed by atoms with Crippen LogP contribution in [0.25, 0.3) is 40.5 Å². The molecule has 138 valence electrons. The predicted molar refractivity (Wildman–Crippen MR) is 100 cm³/mol. The zero-order chi connectivity index (χ0) is 18.8. The minimum absolute atomic E-state index is 0.246. The lowest BCUT2D eigenvalue weighted by Gasteiger charge is -2.29. The van der Waals surface area contributed by atoms with Gasteiger partial charge >= 0.3 is 0 Å². The molecule has 0 aliphatic carbocycles. The summed E-state index contributed by atoms with van der Waals surface area (Å²) in [5, 5.41) is 12.7. The van der Waals surface area contributed by atoms with Crippen LogP contribution in [0.15, 0.2) is 51.5 Å². The first-order chi connectivity index (χ1) is 13.7. The van der Waals surface area contributed by atoms with E-state index in [1.54, 1.807) is 10.5 Å². The molecule has 0 N–H and O–H groups in total. The summed E-state index contributed by atoms with van der Waals surface area (Å²) in [6.45, 7) is 2.36. The van der Waals surface area contributed by atoms with Crippen molar-refractivity contribution in [1.29, 1.82) is 0 Å². The van der Waals surface area contributed by atoms with Crippen molar-refractivity contribution in [2.75, 3.05) is 11.6 Å². The van der Waals surface area contributed by atoms with Crippen molar-refractivity contribution in [1.82, 2.24) is 29.3 Å². The summed E-state index contributed by atoms with van der Waals surface area (Å²) in [5.74, 6) is 3.85. The van der Waals surface area contributed by atoms with Gasteiger partial charge in [-0.25, -0.2) is 0 Å². The lowest BCUT2D eigenvalue weighted by Crippen LogP contribution is -2.28. The number of fused-ring (bicyclic) bond motifs is 6. The van der Waals surface area contributed by atoms with E-state index in [0.29, 0.717) is 29.9 Å². The molecule has 0 bridgehead atoms. The molecule has 9 nitrogen and oxygen atoms in total. The van der Waals surface area contributed by atoms with Crippen LogP contribution in [-0.4, -0.2) is 36.0 Å². The van der Waals surface area contributed by atoms with Crippen molar-refractivity contribution in [3.63, 3.8) is 0 Å². The van der Waals surface area contributed by atoms with E-state index >= 15 is 0 Å². The highest BCUT2D eigenvalue weighted by atomic mass is 35.5. The van der Waals surface area contributed by atoms with Gasteiger partial charge in [0.05, 0.1) is 11.9 Å². The largest absolute Gasteiger partial charge is 0.458 e. The molecular weight excluding hydrogens is 382 g/mol. The Balaban J connectivity index is 1.53. The Kier molecular flexibility index (Phi) is 3.01. The van der Waals surface area contributed by atoms with Gasteiger partial charge in [0.25, 0.3) is 5.89 Å². The summed E-state index contributed by atoms with van der Waals surface area (Å²) in [4.78, 5) is 6.53. The lowest BCUT2D eigenvalue weighted by molar-refractivity contribution is 0.425. The second-order valence-electron chi connectivity index (χ2n) is 6.49. The number of benzene rings is 1. The van der Waals surface area contributed by atoms with Crippen LogP contribution in [0.3, 0.4) is 0 Å². The number of aromatic nitrogens is 5. The molecule has 0 fully saturated rings. The average molecular weight is 394 g/mol. The van der Waals surface area contributed by atoms with Crippen molar-refractivity contribution in [3.8, 4) is 34.7 Å². The molecule has 0 spiro atoms. The Bertz CT molecular complexity index is 1250. The monoisotopic (exact) mass is 393 g/mol. The first kappa shape index (κ1) is 15.5. The van der Waals surface area contributed by atoms with E-state index in [0.717, 1.165) is 22.8 Å². The van der Waals surface area contributed by atoms with E-state index in [2.05, 4.69) is 25.2 Å². The molecule has 2 aliphatic heterocycles. The molecule has 10 heteroatoms. The summed E-state index contributed by atoms with van der Waals surface area (Å²) >= 11 is 6.27. The number of furan rings is 1. The number of aryl methyl sites for hydroxylation is 1. The molecule has 0 saturated carbocycles. The molecule has 0 unspecified atom stereocenters. The Labute approximate surface area is 163 Å². The van der Waals surface area contributed by atoms with Gasteiger partial charge in [0.1, 0.15) is 18.2 Å². The number of rotatable bonds is 2. The Morgan fingerprint density at radius 2 is 1.93 bits per heavy atom. The summed E-state index contributed by atoms with van der Waals surface area (Å²) in [6, 6.07) is 11.6. The summed E-state index contributed by atoms with van der Waals surface area (Å²) in [6.07, 6.45) is 1.82. The number of hydrogen-bond donors (Lipinski definition) is 0. The van der Waals surface area contributed by atoms with E-state index in [4.69, 9.17) is 20.7 Å². The van der Waals surface area contributed by atoms with Crippen LogP contribution in [0.2, 0.25) is 0 Å². The minimum atomic E-state index is 0.246. The number of para-hydroxylation sites is 1. The van der Waals surface area contributed by atoms with Gasteiger partial charge in [-0.05, 0) is 31.2 Å². The fourth-order valence-corrected chi connectivity index (χ4v) is 3.70. The van der Waals surface area contributed by atoms with Crippen LogP contribution < -0.4 is 4.90 Å². The van der Waals surface area contributed by atoms with E-state index in [9.17, 15) is 0 Å². The van der Waals surface area contributed by atoms with E-state index in [1.165, 1.54) is 0 Å². The molecule has 1 aromatic carbocycles. The zero-order valence-corrected chi connectivity index (χ0v) is 15.3. The molecule has 0 atom stereocenters. The van der Waals surface area contributed by atoms with Crippen molar-refractivity contribution in [2.24, 2.45) is 0 Å². The standard InChI is InChI=1S/C18H12ClN7O2/c1-10-6-7-13(27-10)15-20-18(28-23-15)17-22-21-16-11-4-2-3-5-12(11)25-9-24(19)8-14(25)26(16)17/h2-8H,9H2,1H3. The van der Waals surface area contributed by atoms with Crippen molar-refractivity contribution >= 4 is 23.3 Å². The van der Waals surface area contributed by atoms with Gasteiger partial charge in [0.2, 0.25) is 11.6 Å². The average Bonchev–Trinajstić information content (AvgIpc) is 3.46. The third kappa shape index (κ3) is 2.07. The second-order valence-corrected chi connectivity index (χ2v) is 6.92. The summed E-state index contributed by atoms with van der Waals surface area (Å²) in [7, 11) is 0. The van der Waals surface area contributed by atoms with Crippen LogP contribution in [0.5, 0.6) is 0 Å². The topological polar surface area (TPSA) is 89.3 Å². The van der Waals surface area contributed by atoms with Crippen LogP contribution in [0, 0.1) is 6.92 Å². The van der Waals surface area contributed by atoms with Crippen LogP contribution in [-0.2, 0) is 0 Å². The number of nitrogens with zero attached hydrogens (tertiary/aromatic N) is 7. The fourth-order valence-electron chi connectivity index (χ4n) is 3.50. The number of halogens is 1. The van der Waals surface area contributed by atoms with E-state index in [-0.39, 0.29) is 5.89 Å². The molecular formula is C18H12ClN7O2. The molecule has 6 rings (SSSR count). The van der Waals surface area contributed by atoms with E-state index in [1.807, 2.05) is 48.0 Å². The normalized spacial score (nSPS) is 14.7. The van der Waals surface area contributed by atoms with Crippen LogP contribution in [0.4, 0.5) is 5.69 Å². The highest BCUT2D eigenvalue weighted by Gasteiger charge is 2.36. The summed E-state index contributed by atoms with van der Waals surface area (Å²) in [5.41, 5.74) is 1.97. The van der Waals surface area contributed by atoms with Gasteiger partial charge in [-0.3, -0.25) is 8.99 Å². The molecule has 0 saturated heterocycles. The number of hydrogen-bond acceptors (Lipinski definition) is 8. The third-order valence-electron chi connectivity index (χ3n) is 4.71.